The maximum absolute atomic E-state index is 13.0. The Kier molecular flexibility index (Phi) is 8.20. The van der Waals surface area contributed by atoms with Crippen molar-refractivity contribution in [3.63, 3.8) is 0 Å². The lowest BCUT2D eigenvalue weighted by Gasteiger charge is -2.26. The van der Waals surface area contributed by atoms with E-state index in [0.717, 1.165) is 0 Å². The number of urea groups is 1. The SMILES string of the molecule is CNc1nc(CNC(=O)N(C[C@H](O)C(F)(F)F)C(=N)c2ccc(Cl)cc2)nn1-c1cccc(Cl)c1. The number of amidine groups is 1. The first kappa shape index (κ1) is 26.3. The summed E-state index contributed by atoms with van der Waals surface area (Å²) in [6, 6.07) is 11.3. The van der Waals surface area contributed by atoms with Crippen molar-refractivity contribution in [1.29, 1.82) is 5.41 Å². The van der Waals surface area contributed by atoms with Crippen molar-refractivity contribution in [2.75, 3.05) is 18.9 Å². The van der Waals surface area contributed by atoms with Gasteiger partial charge in [-0.25, -0.2) is 4.79 Å². The Hall–Kier alpha value is -3.35. The number of aromatic nitrogens is 3. The van der Waals surface area contributed by atoms with Crippen molar-refractivity contribution >= 4 is 41.0 Å². The molecule has 0 fully saturated rings. The molecule has 14 heteroatoms. The van der Waals surface area contributed by atoms with Crippen molar-refractivity contribution in [1.82, 2.24) is 25.0 Å². The van der Waals surface area contributed by atoms with E-state index in [-0.39, 0.29) is 17.9 Å². The third-order valence-corrected chi connectivity index (χ3v) is 5.18. The summed E-state index contributed by atoms with van der Waals surface area (Å²) in [7, 11) is 1.61. The van der Waals surface area contributed by atoms with Crippen LogP contribution in [0.3, 0.4) is 0 Å². The first-order valence-corrected chi connectivity index (χ1v) is 10.8. The summed E-state index contributed by atoms with van der Waals surface area (Å²) >= 11 is 11.8. The highest BCUT2D eigenvalue weighted by atomic mass is 35.5. The quantitative estimate of drug-likeness (QED) is 0.271. The minimum Gasteiger partial charge on any atom is -0.382 e. The van der Waals surface area contributed by atoms with Gasteiger partial charge in [0.2, 0.25) is 5.95 Å². The lowest BCUT2D eigenvalue weighted by molar-refractivity contribution is -0.204. The molecule has 9 nitrogen and oxygen atoms in total. The van der Waals surface area contributed by atoms with E-state index in [1.165, 1.54) is 28.9 Å². The number of rotatable bonds is 7. The molecule has 2 aromatic carbocycles. The molecule has 0 spiro atoms. The molecule has 0 aliphatic heterocycles. The number of halogens is 5. The average molecular weight is 530 g/mol. The Morgan fingerprint density at radius 3 is 2.49 bits per heavy atom. The summed E-state index contributed by atoms with van der Waals surface area (Å²) < 4.78 is 40.4. The van der Waals surface area contributed by atoms with Crippen LogP contribution in [0.15, 0.2) is 48.5 Å². The van der Waals surface area contributed by atoms with Gasteiger partial charge in [-0.15, -0.1) is 5.10 Å². The molecule has 0 radical (unpaired) electrons. The third kappa shape index (κ3) is 6.62. The van der Waals surface area contributed by atoms with Crippen LogP contribution in [0.2, 0.25) is 10.0 Å². The smallest absolute Gasteiger partial charge is 0.382 e. The third-order valence-electron chi connectivity index (χ3n) is 4.69. The molecule has 2 amide bonds. The Labute approximate surface area is 208 Å². The average Bonchev–Trinajstić information content (AvgIpc) is 3.23. The Bertz CT molecular complexity index is 1200. The van der Waals surface area contributed by atoms with Crippen molar-refractivity contribution in [3.8, 4) is 5.69 Å². The molecule has 3 aromatic rings. The number of alkyl halides is 3. The number of benzene rings is 2. The second-order valence-corrected chi connectivity index (χ2v) is 8.05. The summed E-state index contributed by atoms with van der Waals surface area (Å²) in [5.41, 5.74) is 0.714. The number of amides is 2. The molecule has 1 heterocycles. The topological polar surface area (TPSA) is 119 Å². The number of nitrogens with zero attached hydrogens (tertiary/aromatic N) is 4. The first-order chi connectivity index (χ1) is 16.5. The zero-order valence-electron chi connectivity index (χ0n) is 18.1. The molecular formula is C21H20Cl2F3N7O2. The van der Waals surface area contributed by atoms with Crippen molar-refractivity contribution < 1.29 is 23.1 Å². The Morgan fingerprint density at radius 1 is 1.20 bits per heavy atom. The highest BCUT2D eigenvalue weighted by Crippen LogP contribution is 2.22. The van der Waals surface area contributed by atoms with Gasteiger partial charge in [-0.3, -0.25) is 10.3 Å². The fraction of sp³-hybridized carbons (Fsp3) is 0.238. The summed E-state index contributed by atoms with van der Waals surface area (Å²) in [5.74, 6) is -0.0948. The van der Waals surface area contributed by atoms with Crippen molar-refractivity contribution in [3.05, 3.63) is 70.0 Å². The fourth-order valence-electron chi connectivity index (χ4n) is 2.95. The van der Waals surface area contributed by atoms with Gasteiger partial charge in [0.15, 0.2) is 11.9 Å². The van der Waals surface area contributed by atoms with Crippen LogP contribution in [0.5, 0.6) is 0 Å². The van der Waals surface area contributed by atoms with Crippen LogP contribution in [0.4, 0.5) is 23.9 Å². The Balaban J connectivity index is 1.80. The van der Waals surface area contributed by atoms with Crippen LogP contribution in [-0.2, 0) is 6.54 Å². The summed E-state index contributed by atoms with van der Waals surface area (Å²) in [4.78, 5) is 17.5. The van der Waals surface area contributed by atoms with Gasteiger partial charge in [-0.05, 0) is 42.5 Å². The fourth-order valence-corrected chi connectivity index (χ4v) is 3.26. The van der Waals surface area contributed by atoms with Crippen LogP contribution in [0.25, 0.3) is 5.69 Å². The number of nitrogens with one attached hydrogen (secondary N) is 3. The second-order valence-electron chi connectivity index (χ2n) is 7.18. The van der Waals surface area contributed by atoms with E-state index >= 15 is 0 Å². The minimum absolute atomic E-state index is 0.125. The predicted molar refractivity (Wildman–Crippen MR) is 125 cm³/mol. The standard InChI is InChI=1S/C21H20Cl2F3N7O2/c1-28-19-30-17(31-33(19)15-4-2-3-14(23)9-15)10-29-20(35)32(11-16(34)21(24,25)26)18(27)12-5-7-13(22)8-6-12/h2-9,16,27,34H,10-11H2,1H3,(H,29,35)(H,28,30,31)/t16-/m0/s1. The molecule has 3 rings (SSSR count). The number of carbonyl (C=O) groups is 1. The van der Waals surface area contributed by atoms with Gasteiger partial charge >= 0.3 is 12.2 Å². The molecular weight excluding hydrogens is 510 g/mol. The maximum Gasteiger partial charge on any atom is 0.416 e. The van der Waals surface area contributed by atoms with Gasteiger partial charge in [-0.2, -0.15) is 22.8 Å². The highest BCUT2D eigenvalue weighted by molar-refractivity contribution is 6.31. The predicted octanol–water partition coefficient (Wildman–Crippen LogP) is 4.08. The van der Waals surface area contributed by atoms with Crippen molar-refractivity contribution in [2.45, 2.75) is 18.8 Å². The maximum atomic E-state index is 13.0. The number of aliphatic hydroxyl groups is 1. The first-order valence-electron chi connectivity index (χ1n) is 10.0. The minimum atomic E-state index is -4.99. The molecule has 0 saturated carbocycles. The van der Waals surface area contributed by atoms with E-state index in [1.807, 2.05) is 0 Å². The van der Waals surface area contributed by atoms with Crippen LogP contribution >= 0.6 is 23.2 Å². The van der Waals surface area contributed by atoms with E-state index in [4.69, 9.17) is 28.6 Å². The lowest BCUT2D eigenvalue weighted by Crippen LogP contribution is -2.50. The van der Waals surface area contributed by atoms with Gasteiger partial charge in [0.05, 0.1) is 18.8 Å². The number of carbonyl (C=O) groups excluding carboxylic acids is 1. The highest BCUT2D eigenvalue weighted by Gasteiger charge is 2.41. The van der Waals surface area contributed by atoms with Crippen molar-refractivity contribution in [2.24, 2.45) is 0 Å². The molecule has 1 atom stereocenters. The van der Waals surface area contributed by atoms with Crippen LogP contribution < -0.4 is 10.6 Å². The summed E-state index contributed by atoms with van der Waals surface area (Å²) in [6.07, 6.45) is -7.85. The van der Waals surface area contributed by atoms with E-state index in [1.54, 1.807) is 31.3 Å². The molecule has 0 bridgehead atoms. The lowest BCUT2D eigenvalue weighted by atomic mass is 10.2. The zero-order valence-corrected chi connectivity index (χ0v) is 19.7. The molecule has 4 N–H and O–H groups in total. The van der Waals surface area contributed by atoms with Gasteiger partial charge in [0.25, 0.3) is 0 Å². The largest absolute Gasteiger partial charge is 0.416 e. The number of hydrogen-bond donors (Lipinski definition) is 4. The molecule has 0 saturated heterocycles. The molecule has 186 valence electrons. The van der Waals surface area contributed by atoms with E-state index < -0.39 is 30.7 Å². The normalized spacial score (nSPS) is 12.2. The van der Waals surface area contributed by atoms with Crippen LogP contribution in [0, 0.1) is 5.41 Å². The Morgan fingerprint density at radius 2 is 1.89 bits per heavy atom. The summed E-state index contributed by atoms with van der Waals surface area (Å²) in [5, 5.41) is 28.1. The molecule has 0 unspecified atom stereocenters. The molecule has 0 aliphatic rings. The number of hydrogen-bond acceptors (Lipinski definition) is 6. The van der Waals surface area contributed by atoms with E-state index in [2.05, 4.69) is 20.7 Å². The van der Waals surface area contributed by atoms with Gasteiger partial charge in [-0.1, -0.05) is 29.3 Å². The zero-order chi connectivity index (χ0) is 25.8. The second kappa shape index (κ2) is 10.9. The molecule has 35 heavy (non-hydrogen) atoms. The van der Waals surface area contributed by atoms with Gasteiger partial charge in [0, 0.05) is 22.7 Å². The number of anilines is 1. The van der Waals surface area contributed by atoms with E-state index in [9.17, 15) is 23.1 Å². The molecule has 1 aromatic heterocycles. The number of aliphatic hydroxyl groups excluding tert-OH is 1. The van der Waals surface area contributed by atoms with Gasteiger partial charge < -0.3 is 15.7 Å². The molecule has 0 aliphatic carbocycles. The van der Waals surface area contributed by atoms with Gasteiger partial charge in [0.1, 0.15) is 5.84 Å². The van der Waals surface area contributed by atoms with Crippen LogP contribution in [0.1, 0.15) is 11.4 Å². The van der Waals surface area contributed by atoms with E-state index in [0.29, 0.717) is 26.6 Å². The summed E-state index contributed by atoms with van der Waals surface area (Å²) in [6.45, 7) is -1.46. The monoisotopic (exact) mass is 529 g/mol. The van der Waals surface area contributed by atoms with Crippen LogP contribution in [-0.4, -0.2) is 62.5 Å².